The lowest BCUT2D eigenvalue weighted by molar-refractivity contribution is -0.136. The Kier molecular flexibility index (Phi) is 5.98. The van der Waals surface area contributed by atoms with Gasteiger partial charge in [0.05, 0.1) is 13.5 Å². The van der Waals surface area contributed by atoms with Gasteiger partial charge < -0.3 is 15.2 Å². The van der Waals surface area contributed by atoms with E-state index in [9.17, 15) is 9.59 Å². The van der Waals surface area contributed by atoms with E-state index in [1.54, 1.807) is 19.2 Å². The number of rotatable bonds is 6. The van der Waals surface area contributed by atoms with Gasteiger partial charge in [-0.3, -0.25) is 9.59 Å². The van der Waals surface area contributed by atoms with Gasteiger partial charge in [-0.2, -0.15) is 0 Å². The first-order valence-electron chi connectivity index (χ1n) is 7.33. The molecule has 0 heterocycles. The van der Waals surface area contributed by atoms with Crippen LogP contribution in [-0.2, 0) is 22.6 Å². The number of methoxy groups -OCH3 is 1. The highest BCUT2D eigenvalue weighted by molar-refractivity contribution is 9.10. The number of halogens is 1. The Labute approximate surface area is 148 Å². The lowest BCUT2D eigenvalue weighted by Gasteiger charge is -2.18. The molecule has 0 aliphatic rings. The third-order valence-corrected chi connectivity index (χ3v) is 4.11. The predicted molar refractivity (Wildman–Crippen MR) is 95.0 cm³/mol. The number of hydrogen-bond acceptors (Lipinski definition) is 3. The van der Waals surface area contributed by atoms with Crippen molar-refractivity contribution in [2.24, 2.45) is 0 Å². The summed E-state index contributed by atoms with van der Waals surface area (Å²) in [5.74, 6) is -0.473. The summed E-state index contributed by atoms with van der Waals surface area (Å²) in [6.45, 7) is 1.66. The van der Waals surface area contributed by atoms with E-state index in [-0.39, 0.29) is 18.9 Å². The maximum atomic E-state index is 11.3. The monoisotopic (exact) mass is 391 g/mol. The van der Waals surface area contributed by atoms with Crippen molar-refractivity contribution >= 4 is 27.8 Å². The van der Waals surface area contributed by atoms with Crippen molar-refractivity contribution in [3.05, 3.63) is 52.0 Å². The SMILES string of the molecule is COc1ccc(CC(=O)O)c(CNC(C)=O)c1-c1ccc(Br)cc1. The van der Waals surface area contributed by atoms with Crippen LogP contribution in [0.4, 0.5) is 0 Å². The molecule has 1 amide bonds. The molecule has 0 spiro atoms. The van der Waals surface area contributed by atoms with Crippen molar-refractivity contribution < 1.29 is 19.4 Å². The van der Waals surface area contributed by atoms with Gasteiger partial charge in [0.1, 0.15) is 5.75 Å². The van der Waals surface area contributed by atoms with E-state index in [0.717, 1.165) is 21.2 Å². The average molecular weight is 392 g/mol. The van der Waals surface area contributed by atoms with Crippen LogP contribution in [0.1, 0.15) is 18.1 Å². The number of carbonyl (C=O) groups is 2. The fraction of sp³-hybridized carbons (Fsp3) is 0.222. The van der Waals surface area contributed by atoms with Gasteiger partial charge >= 0.3 is 5.97 Å². The van der Waals surface area contributed by atoms with Crippen LogP contribution in [0.2, 0.25) is 0 Å². The lowest BCUT2D eigenvalue weighted by atomic mass is 9.92. The molecule has 5 nitrogen and oxygen atoms in total. The Hall–Kier alpha value is -2.34. The van der Waals surface area contributed by atoms with Gasteiger partial charge in [-0.05, 0) is 34.9 Å². The van der Waals surface area contributed by atoms with Crippen molar-refractivity contribution in [3.8, 4) is 16.9 Å². The van der Waals surface area contributed by atoms with Crippen LogP contribution < -0.4 is 10.1 Å². The van der Waals surface area contributed by atoms with E-state index in [1.807, 2.05) is 24.3 Å². The van der Waals surface area contributed by atoms with Gasteiger partial charge in [-0.15, -0.1) is 0 Å². The van der Waals surface area contributed by atoms with E-state index in [4.69, 9.17) is 9.84 Å². The molecule has 0 atom stereocenters. The molecule has 24 heavy (non-hydrogen) atoms. The van der Waals surface area contributed by atoms with Gasteiger partial charge in [-0.25, -0.2) is 0 Å². The molecule has 126 valence electrons. The van der Waals surface area contributed by atoms with Crippen LogP contribution in [0.15, 0.2) is 40.9 Å². The molecule has 0 saturated carbocycles. The van der Waals surface area contributed by atoms with Crippen LogP contribution in [0, 0.1) is 0 Å². The number of nitrogens with one attached hydrogen (secondary N) is 1. The van der Waals surface area contributed by atoms with Crippen LogP contribution in [0.3, 0.4) is 0 Å². The van der Waals surface area contributed by atoms with Crippen molar-refractivity contribution in [1.29, 1.82) is 0 Å². The molecule has 0 aromatic heterocycles. The zero-order valence-corrected chi connectivity index (χ0v) is 15.0. The fourth-order valence-electron chi connectivity index (χ4n) is 2.52. The standard InChI is InChI=1S/C18H18BrNO4/c1-11(21)20-10-15-13(9-17(22)23)5-8-16(24-2)18(15)12-3-6-14(19)7-4-12/h3-8H,9-10H2,1-2H3,(H,20,21)(H,22,23). The van der Waals surface area contributed by atoms with Crippen LogP contribution in [0.5, 0.6) is 5.75 Å². The summed E-state index contributed by atoms with van der Waals surface area (Å²) in [6, 6.07) is 11.1. The first kappa shape index (κ1) is 18.0. The molecule has 0 radical (unpaired) electrons. The Morgan fingerprint density at radius 2 is 1.83 bits per heavy atom. The largest absolute Gasteiger partial charge is 0.496 e. The molecule has 0 unspecified atom stereocenters. The number of hydrogen-bond donors (Lipinski definition) is 2. The highest BCUT2D eigenvalue weighted by Gasteiger charge is 2.17. The Balaban J connectivity index is 2.64. The second-order valence-corrected chi connectivity index (χ2v) is 6.18. The van der Waals surface area contributed by atoms with Gasteiger partial charge in [0.2, 0.25) is 5.91 Å². The minimum absolute atomic E-state index is 0.123. The number of carboxylic acid groups (broad SMARTS) is 1. The third kappa shape index (κ3) is 4.35. The van der Waals surface area contributed by atoms with Crippen molar-refractivity contribution in [2.45, 2.75) is 19.9 Å². The number of benzene rings is 2. The first-order valence-corrected chi connectivity index (χ1v) is 8.12. The quantitative estimate of drug-likeness (QED) is 0.791. The van der Waals surface area contributed by atoms with E-state index >= 15 is 0 Å². The Bertz CT molecular complexity index is 756. The highest BCUT2D eigenvalue weighted by Crippen LogP contribution is 2.36. The van der Waals surface area contributed by atoms with Crippen LogP contribution in [-0.4, -0.2) is 24.1 Å². The molecule has 6 heteroatoms. The van der Waals surface area contributed by atoms with Gasteiger partial charge in [-0.1, -0.05) is 34.1 Å². The average Bonchev–Trinajstić information content (AvgIpc) is 2.53. The number of carbonyl (C=O) groups excluding carboxylic acids is 1. The fourth-order valence-corrected chi connectivity index (χ4v) is 2.78. The summed E-state index contributed by atoms with van der Waals surface area (Å²) in [5, 5.41) is 11.9. The summed E-state index contributed by atoms with van der Waals surface area (Å²) in [7, 11) is 1.57. The minimum atomic E-state index is -0.925. The smallest absolute Gasteiger partial charge is 0.307 e. The van der Waals surface area contributed by atoms with Gasteiger partial charge in [0, 0.05) is 23.5 Å². The molecule has 0 fully saturated rings. The van der Waals surface area contributed by atoms with E-state index in [2.05, 4.69) is 21.2 Å². The van der Waals surface area contributed by atoms with Gasteiger partial charge in [0.15, 0.2) is 0 Å². The van der Waals surface area contributed by atoms with E-state index in [0.29, 0.717) is 11.3 Å². The summed E-state index contributed by atoms with van der Waals surface area (Å²) in [4.78, 5) is 22.5. The number of ether oxygens (including phenoxy) is 1. The molecular weight excluding hydrogens is 374 g/mol. The zero-order chi connectivity index (χ0) is 17.7. The molecular formula is C18H18BrNO4. The molecule has 2 N–H and O–H groups in total. The molecule has 2 rings (SSSR count). The van der Waals surface area contributed by atoms with Gasteiger partial charge in [0.25, 0.3) is 0 Å². The number of aliphatic carboxylic acids is 1. The summed E-state index contributed by atoms with van der Waals surface area (Å²) >= 11 is 3.40. The summed E-state index contributed by atoms with van der Waals surface area (Å²) in [6.07, 6.45) is -0.123. The Morgan fingerprint density at radius 1 is 1.17 bits per heavy atom. The zero-order valence-electron chi connectivity index (χ0n) is 13.4. The molecule has 2 aromatic carbocycles. The maximum Gasteiger partial charge on any atom is 0.307 e. The molecule has 0 saturated heterocycles. The maximum absolute atomic E-state index is 11.3. The molecule has 0 bridgehead atoms. The number of amides is 1. The van der Waals surface area contributed by atoms with Crippen molar-refractivity contribution in [1.82, 2.24) is 5.32 Å². The summed E-state index contributed by atoms with van der Waals surface area (Å²) < 4.78 is 6.41. The van der Waals surface area contributed by atoms with Crippen LogP contribution in [0.25, 0.3) is 11.1 Å². The molecule has 0 aliphatic heterocycles. The minimum Gasteiger partial charge on any atom is -0.496 e. The third-order valence-electron chi connectivity index (χ3n) is 3.58. The van der Waals surface area contributed by atoms with Crippen LogP contribution >= 0.6 is 15.9 Å². The van der Waals surface area contributed by atoms with E-state index < -0.39 is 5.97 Å². The number of carboxylic acids is 1. The lowest BCUT2D eigenvalue weighted by Crippen LogP contribution is -2.21. The topological polar surface area (TPSA) is 75.6 Å². The van der Waals surface area contributed by atoms with Crippen molar-refractivity contribution in [3.63, 3.8) is 0 Å². The predicted octanol–water partition coefficient (Wildman–Crippen LogP) is 3.39. The molecule has 0 aliphatic carbocycles. The normalized spacial score (nSPS) is 10.3. The first-order chi connectivity index (χ1) is 11.4. The van der Waals surface area contributed by atoms with E-state index in [1.165, 1.54) is 6.92 Å². The summed E-state index contributed by atoms with van der Waals surface area (Å²) in [5.41, 5.74) is 3.07. The second-order valence-electron chi connectivity index (χ2n) is 5.27. The van der Waals surface area contributed by atoms with Crippen molar-refractivity contribution in [2.75, 3.05) is 7.11 Å². The highest BCUT2D eigenvalue weighted by atomic mass is 79.9. The Morgan fingerprint density at radius 3 is 2.38 bits per heavy atom. The molecule has 2 aromatic rings. The second kappa shape index (κ2) is 7.97.